The zero-order valence-corrected chi connectivity index (χ0v) is 17.1. The predicted molar refractivity (Wildman–Crippen MR) is 110 cm³/mol. The smallest absolute Gasteiger partial charge is 0.292 e. The van der Waals surface area contributed by atoms with Gasteiger partial charge in [-0.25, -0.2) is 13.2 Å². The van der Waals surface area contributed by atoms with Crippen LogP contribution < -0.4 is 10.1 Å². The first-order valence-electron chi connectivity index (χ1n) is 9.33. The van der Waals surface area contributed by atoms with Crippen molar-refractivity contribution < 1.29 is 27.1 Å². The van der Waals surface area contributed by atoms with Crippen molar-refractivity contribution in [1.29, 1.82) is 0 Å². The molecule has 0 saturated carbocycles. The molecule has 2 heterocycles. The lowest BCUT2D eigenvalue weighted by atomic mass is 10.2. The van der Waals surface area contributed by atoms with Gasteiger partial charge in [-0.1, -0.05) is 17.7 Å². The molecule has 0 saturated heterocycles. The highest BCUT2D eigenvalue weighted by Crippen LogP contribution is 2.21. The zero-order valence-electron chi connectivity index (χ0n) is 16.3. The number of hydrogen-bond donors (Lipinski definition) is 1. The molecule has 0 bridgehead atoms. The van der Waals surface area contributed by atoms with Crippen molar-refractivity contribution in [2.45, 2.75) is 13.2 Å². The van der Waals surface area contributed by atoms with E-state index in [9.17, 15) is 18.0 Å². The predicted octanol–water partition coefficient (Wildman–Crippen LogP) is 5.43. The molecule has 0 aliphatic heterocycles. The number of nitrogens with zero attached hydrogens (tertiary/aromatic N) is 2. The molecule has 32 heavy (non-hydrogen) atoms. The molecular weight excluding hydrogens is 447 g/mol. The molecule has 0 radical (unpaired) electrons. The lowest BCUT2D eigenvalue weighted by Gasteiger charge is -2.06. The third-order valence-electron chi connectivity index (χ3n) is 4.41. The van der Waals surface area contributed by atoms with Crippen molar-refractivity contribution in [3.8, 4) is 5.75 Å². The summed E-state index contributed by atoms with van der Waals surface area (Å²) in [5.41, 5.74) is 0.281. The van der Waals surface area contributed by atoms with Gasteiger partial charge >= 0.3 is 0 Å². The number of halogens is 4. The maximum absolute atomic E-state index is 13.9. The minimum atomic E-state index is -0.846. The van der Waals surface area contributed by atoms with Gasteiger partial charge in [0, 0.05) is 28.9 Å². The van der Waals surface area contributed by atoms with Crippen LogP contribution in [0, 0.1) is 17.5 Å². The van der Waals surface area contributed by atoms with Gasteiger partial charge < -0.3 is 14.5 Å². The number of benzene rings is 2. The minimum Gasteiger partial charge on any atom is -0.483 e. The molecule has 2 aromatic heterocycles. The van der Waals surface area contributed by atoms with Crippen molar-refractivity contribution in [3.63, 3.8) is 0 Å². The standard InChI is InChI=1S/C22H15ClF3N3O3/c23-16-2-1-3-17(25)15(16)11-29-9-8-21(28-29)27-22(30)20-7-5-14(32-20)12-31-19-6-4-13(24)10-18(19)26/h1-10H,11-12H2,(H,27,28,30). The fourth-order valence-corrected chi connectivity index (χ4v) is 3.08. The summed E-state index contributed by atoms with van der Waals surface area (Å²) >= 11 is 6.02. The Bertz CT molecular complexity index is 1250. The number of rotatable bonds is 7. The SMILES string of the molecule is O=C(Nc1ccn(Cc2c(F)cccc2Cl)n1)c1ccc(COc2ccc(F)cc2F)o1. The molecule has 164 valence electrons. The first kappa shape index (κ1) is 21.5. The number of carbonyl (C=O) groups excluding carboxylic acids is 1. The van der Waals surface area contributed by atoms with Crippen molar-refractivity contribution >= 4 is 23.3 Å². The molecule has 0 unspecified atom stereocenters. The number of nitrogens with one attached hydrogen (secondary N) is 1. The molecule has 0 atom stereocenters. The number of amides is 1. The highest BCUT2D eigenvalue weighted by atomic mass is 35.5. The van der Waals surface area contributed by atoms with Crippen LogP contribution in [-0.2, 0) is 13.2 Å². The van der Waals surface area contributed by atoms with Gasteiger partial charge in [-0.2, -0.15) is 5.10 Å². The molecule has 6 nitrogen and oxygen atoms in total. The molecule has 0 aliphatic carbocycles. The quantitative estimate of drug-likeness (QED) is 0.398. The summed E-state index contributed by atoms with van der Waals surface area (Å²) in [5, 5.41) is 7.01. The van der Waals surface area contributed by atoms with Crippen LogP contribution in [0.4, 0.5) is 19.0 Å². The summed E-state index contributed by atoms with van der Waals surface area (Å²) in [4.78, 5) is 12.4. The van der Waals surface area contributed by atoms with Gasteiger partial charge in [-0.15, -0.1) is 0 Å². The Balaban J connectivity index is 1.36. The molecular formula is C22H15ClF3N3O3. The second kappa shape index (κ2) is 9.19. The van der Waals surface area contributed by atoms with E-state index in [-0.39, 0.29) is 46.8 Å². The van der Waals surface area contributed by atoms with Gasteiger partial charge in [0.15, 0.2) is 23.1 Å². The molecule has 4 rings (SSSR count). The molecule has 10 heteroatoms. The monoisotopic (exact) mass is 461 g/mol. The lowest BCUT2D eigenvalue weighted by Crippen LogP contribution is -2.12. The van der Waals surface area contributed by atoms with Crippen molar-refractivity contribution in [1.82, 2.24) is 9.78 Å². The Hall–Kier alpha value is -3.72. The highest BCUT2D eigenvalue weighted by molar-refractivity contribution is 6.31. The number of hydrogen-bond acceptors (Lipinski definition) is 4. The number of ether oxygens (including phenoxy) is 1. The topological polar surface area (TPSA) is 69.3 Å². The highest BCUT2D eigenvalue weighted by Gasteiger charge is 2.15. The van der Waals surface area contributed by atoms with E-state index < -0.39 is 23.4 Å². The van der Waals surface area contributed by atoms with Crippen molar-refractivity contribution in [3.05, 3.63) is 100 Å². The fourth-order valence-electron chi connectivity index (χ4n) is 2.86. The van der Waals surface area contributed by atoms with Crippen LogP contribution in [0.15, 0.2) is 65.2 Å². The van der Waals surface area contributed by atoms with E-state index in [4.69, 9.17) is 20.8 Å². The Labute approximate surface area is 185 Å². The van der Waals surface area contributed by atoms with E-state index in [1.54, 1.807) is 12.3 Å². The maximum Gasteiger partial charge on any atom is 0.292 e. The van der Waals surface area contributed by atoms with Crippen LogP contribution in [0.25, 0.3) is 0 Å². The van der Waals surface area contributed by atoms with Gasteiger partial charge in [0.1, 0.15) is 24.0 Å². The van der Waals surface area contributed by atoms with Gasteiger partial charge in [-0.05, 0) is 36.4 Å². The van der Waals surface area contributed by atoms with Crippen LogP contribution in [-0.4, -0.2) is 15.7 Å². The zero-order chi connectivity index (χ0) is 22.7. The Morgan fingerprint density at radius 3 is 2.72 bits per heavy atom. The van der Waals surface area contributed by atoms with Crippen molar-refractivity contribution in [2.24, 2.45) is 0 Å². The average molecular weight is 462 g/mol. The largest absolute Gasteiger partial charge is 0.483 e. The Morgan fingerprint density at radius 1 is 1.09 bits per heavy atom. The molecule has 4 aromatic rings. The van der Waals surface area contributed by atoms with Gasteiger partial charge in [0.2, 0.25) is 0 Å². The van der Waals surface area contributed by atoms with E-state index in [0.717, 1.165) is 12.1 Å². The summed E-state index contributed by atoms with van der Waals surface area (Å²) in [7, 11) is 0. The summed E-state index contributed by atoms with van der Waals surface area (Å²) in [5.74, 6) is -2.26. The first-order chi connectivity index (χ1) is 15.4. The van der Waals surface area contributed by atoms with Gasteiger partial charge in [0.05, 0.1) is 6.54 Å². The van der Waals surface area contributed by atoms with Crippen LogP contribution in [0.3, 0.4) is 0 Å². The maximum atomic E-state index is 13.9. The molecule has 0 fully saturated rings. The fraction of sp³-hybridized carbons (Fsp3) is 0.0909. The van der Waals surface area contributed by atoms with E-state index >= 15 is 0 Å². The average Bonchev–Trinajstić information content (AvgIpc) is 3.40. The van der Waals surface area contributed by atoms with Crippen LogP contribution in [0.2, 0.25) is 5.02 Å². The minimum absolute atomic E-state index is 0.0186. The van der Waals surface area contributed by atoms with Crippen molar-refractivity contribution in [2.75, 3.05) is 5.32 Å². The molecule has 0 aliphatic rings. The Kier molecular flexibility index (Phi) is 6.18. The molecule has 1 amide bonds. The lowest BCUT2D eigenvalue weighted by molar-refractivity contribution is 0.0992. The number of furan rings is 1. The number of anilines is 1. The van der Waals surface area contributed by atoms with Gasteiger partial charge in [-0.3, -0.25) is 9.48 Å². The summed E-state index contributed by atoms with van der Waals surface area (Å²) in [6.45, 7) is -0.0720. The van der Waals surface area contributed by atoms with E-state index in [2.05, 4.69) is 10.4 Å². The summed E-state index contributed by atoms with van der Waals surface area (Å²) in [6.07, 6.45) is 1.57. The third kappa shape index (κ3) is 4.94. The summed E-state index contributed by atoms with van der Waals surface area (Å²) in [6, 6.07) is 11.8. The Morgan fingerprint density at radius 2 is 1.94 bits per heavy atom. The summed E-state index contributed by atoms with van der Waals surface area (Å²) < 4.78 is 52.6. The van der Waals surface area contributed by atoms with Crippen LogP contribution >= 0.6 is 11.6 Å². The second-order valence-electron chi connectivity index (χ2n) is 6.68. The normalized spacial score (nSPS) is 10.9. The first-order valence-corrected chi connectivity index (χ1v) is 9.71. The molecule has 0 spiro atoms. The van der Waals surface area contributed by atoms with Crippen LogP contribution in [0.5, 0.6) is 5.75 Å². The van der Waals surface area contributed by atoms with E-state index in [1.165, 1.54) is 35.0 Å². The molecule has 1 N–H and O–H groups in total. The second-order valence-corrected chi connectivity index (χ2v) is 7.09. The molecule has 2 aromatic carbocycles. The number of aromatic nitrogens is 2. The van der Waals surface area contributed by atoms with E-state index in [1.807, 2.05) is 0 Å². The van der Waals surface area contributed by atoms with Crippen LogP contribution in [0.1, 0.15) is 21.9 Å². The third-order valence-corrected chi connectivity index (χ3v) is 4.77. The number of carbonyl (C=O) groups is 1. The van der Waals surface area contributed by atoms with E-state index in [0.29, 0.717) is 6.07 Å². The van der Waals surface area contributed by atoms with Gasteiger partial charge in [0.25, 0.3) is 5.91 Å².